The average Bonchev–Trinajstić information content (AvgIpc) is 2.69. The molecule has 1 aliphatic rings. The molecule has 5 nitrogen and oxygen atoms in total. The molecule has 1 heterocycles. The number of carbonyl (C=O) groups excluding carboxylic acids is 1. The highest BCUT2D eigenvalue weighted by Crippen LogP contribution is 2.29. The molecule has 1 fully saturated rings. The highest BCUT2D eigenvalue weighted by molar-refractivity contribution is 7.91. The fourth-order valence-corrected chi connectivity index (χ4v) is 5.21. The van der Waals surface area contributed by atoms with Gasteiger partial charge in [0, 0.05) is 24.9 Å². The summed E-state index contributed by atoms with van der Waals surface area (Å²) in [7, 11) is -3.65. The topological polar surface area (TPSA) is 76.1 Å². The second kappa shape index (κ2) is 8.65. The van der Waals surface area contributed by atoms with Crippen LogP contribution in [0.5, 0.6) is 0 Å². The van der Waals surface area contributed by atoms with Gasteiger partial charge in [0.1, 0.15) is 5.25 Å². The third-order valence-corrected chi connectivity index (χ3v) is 7.34. The van der Waals surface area contributed by atoms with E-state index in [2.05, 4.69) is 10.3 Å². The lowest BCUT2D eigenvalue weighted by atomic mass is 9.88. The Bertz CT molecular complexity index is 858. The van der Waals surface area contributed by atoms with Gasteiger partial charge in [-0.3, -0.25) is 9.78 Å². The van der Waals surface area contributed by atoms with E-state index in [9.17, 15) is 13.2 Å². The van der Waals surface area contributed by atoms with Crippen molar-refractivity contribution in [2.24, 2.45) is 5.92 Å². The largest absolute Gasteiger partial charge is 0.354 e. The summed E-state index contributed by atoms with van der Waals surface area (Å²) < 4.78 is 26.5. The van der Waals surface area contributed by atoms with Gasteiger partial charge in [0.15, 0.2) is 9.84 Å². The van der Waals surface area contributed by atoms with E-state index in [1.807, 2.05) is 6.92 Å². The molecule has 1 aromatic carbocycles. The molecule has 0 spiro atoms. The predicted octanol–water partition coefficient (Wildman–Crippen LogP) is 3.60. The fraction of sp³-hybridized carbons (Fsp3) is 0.429. The number of nitrogens with one attached hydrogen (secondary N) is 1. The van der Waals surface area contributed by atoms with Crippen LogP contribution in [0.2, 0.25) is 0 Å². The fourth-order valence-electron chi connectivity index (χ4n) is 3.57. The second-order valence-electron chi connectivity index (χ2n) is 7.21. The Morgan fingerprint density at radius 3 is 2.48 bits per heavy atom. The predicted molar refractivity (Wildman–Crippen MR) is 105 cm³/mol. The zero-order valence-corrected chi connectivity index (χ0v) is 16.4. The standard InChI is InChI=1S/C21H26N2O3S/c1-16-9-11-19(12-10-16)27(25,26)20(18-8-5-13-22-14-18)15-23-21(24)17-6-3-2-4-7-17/h5,8-14,17,20H,2-4,6-7,15H2,1H3,(H,23,24). The molecule has 1 aromatic heterocycles. The third kappa shape index (κ3) is 4.75. The first-order valence-corrected chi connectivity index (χ1v) is 11.0. The first kappa shape index (κ1) is 19.5. The Labute approximate surface area is 161 Å². The second-order valence-corrected chi connectivity index (χ2v) is 9.34. The van der Waals surface area contributed by atoms with Crippen molar-refractivity contribution in [3.63, 3.8) is 0 Å². The maximum atomic E-state index is 13.3. The van der Waals surface area contributed by atoms with E-state index in [0.29, 0.717) is 5.56 Å². The minimum atomic E-state index is -3.65. The molecule has 1 saturated carbocycles. The van der Waals surface area contributed by atoms with Gasteiger partial charge < -0.3 is 5.32 Å². The number of benzene rings is 1. The lowest BCUT2D eigenvalue weighted by Gasteiger charge is -2.23. The molecule has 0 bridgehead atoms. The van der Waals surface area contributed by atoms with Crippen molar-refractivity contribution >= 4 is 15.7 Å². The number of carbonyl (C=O) groups is 1. The molecule has 1 atom stereocenters. The lowest BCUT2D eigenvalue weighted by Crippen LogP contribution is -2.36. The van der Waals surface area contributed by atoms with E-state index >= 15 is 0 Å². The van der Waals surface area contributed by atoms with Crippen molar-refractivity contribution in [1.82, 2.24) is 10.3 Å². The van der Waals surface area contributed by atoms with Crippen LogP contribution in [0.1, 0.15) is 48.5 Å². The van der Waals surface area contributed by atoms with Crippen molar-refractivity contribution in [3.8, 4) is 0 Å². The Hall–Kier alpha value is -2.21. The number of aryl methyl sites for hydroxylation is 1. The minimum absolute atomic E-state index is 0.00428. The third-order valence-electron chi connectivity index (χ3n) is 5.22. The maximum Gasteiger partial charge on any atom is 0.223 e. The van der Waals surface area contributed by atoms with Crippen molar-refractivity contribution in [3.05, 3.63) is 59.9 Å². The van der Waals surface area contributed by atoms with Crippen molar-refractivity contribution < 1.29 is 13.2 Å². The summed E-state index contributed by atoms with van der Waals surface area (Å²) in [5, 5.41) is 2.03. The number of sulfone groups is 1. The number of amides is 1. The SMILES string of the molecule is Cc1ccc(S(=O)(=O)C(CNC(=O)C2CCCCC2)c2cccnc2)cc1. The molecule has 0 saturated heterocycles. The lowest BCUT2D eigenvalue weighted by molar-refractivity contribution is -0.125. The van der Waals surface area contributed by atoms with Crippen LogP contribution in [0, 0.1) is 12.8 Å². The molecule has 1 unspecified atom stereocenters. The van der Waals surface area contributed by atoms with Gasteiger partial charge in [0.05, 0.1) is 4.90 Å². The number of nitrogens with zero attached hydrogens (tertiary/aromatic N) is 1. The first-order valence-electron chi connectivity index (χ1n) is 9.46. The molecule has 1 N–H and O–H groups in total. The minimum Gasteiger partial charge on any atom is -0.354 e. The zero-order chi connectivity index (χ0) is 19.3. The van der Waals surface area contributed by atoms with Gasteiger partial charge in [-0.2, -0.15) is 0 Å². The Morgan fingerprint density at radius 2 is 1.85 bits per heavy atom. The molecule has 0 radical (unpaired) electrons. The van der Waals surface area contributed by atoms with Crippen LogP contribution < -0.4 is 5.32 Å². The average molecular weight is 387 g/mol. The molecule has 1 amide bonds. The van der Waals surface area contributed by atoms with E-state index in [0.717, 1.165) is 31.2 Å². The number of hydrogen-bond donors (Lipinski definition) is 1. The van der Waals surface area contributed by atoms with Gasteiger partial charge in [-0.25, -0.2) is 8.42 Å². The highest BCUT2D eigenvalue weighted by Gasteiger charge is 2.31. The number of hydrogen-bond acceptors (Lipinski definition) is 4. The van der Waals surface area contributed by atoms with E-state index in [4.69, 9.17) is 0 Å². The molecule has 3 rings (SSSR count). The molecule has 1 aliphatic carbocycles. The van der Waals surface area contributed by atoms with Crippen molar-refractivity contribution in [1.29, 1.82) is 0 Å². The van der Waals surface area contributed by atoms with E-state index in [1.54, 1.807) is 48.8 Å². The number of rotatable bonds is 6. The van der Waals surface area contributed by atoms with Crippen LogP contribution in [0.25, 0.3) is 0 Å². The van der Waals surface area contributed by atoms with Crippen LogP contribution in [-0.2, 0) is 14.6 Å². The smallest absolute Gasteiger partial charge is 0.223 e. The summed E-state index contributed by atoms with van der Waals surface area (Å²) >= 11 is 0. The summed E-state index contributed by atoms with van der Waals surface area (Å²) in [5.41, 5.74) is 1.58. The van der Waals surface area contributed by atoms with Gasteiger partial charge in [-0.15, -0.1) is 0 Å². The Balaban J connectivity index is 1.83. The first-order chi connectivity index (χ1) is 13.0. The summed E-state index contributed by atoms with van der Waals surface area (Å²) in [6.07, 6.45) is 8.23. The molecular formula is C21H26N2O3S. The van der Waals surface area contributed by atoms with E-state index in [1.165, 1.54) is 6.42 Å². The molecular weight excluding hydrogens is 360 g/mol. The Kier molecular flexibility index (Phi) is 6.26. The van der Waals surface area contributed by atoms with Gasteiger partial charge >= 0.3 is 0 Å². The van der Waals surface area contributed by atoms with E-state index < -0.39 is 15.1 Å². The molecule has 6 heteroatoms. The van der Waals surface area contributed by atoms with E-state index in [-0.39, 0.29) is 23.3 Å². The van der Waals surface area contributed by atoms with Gasteiger partial charge in [0.25, 0.3) is 0 Å². The van der Waals surface area contributed by atoms with Crippen molar-refractivity contribution in [2.75, 3.05) is 6.54 Å². The quantitative estimate of drug-likeness (QED) is 0.823. The number of aromatic nitrogens is 1. The van der Waals surface area contributed by atoms with Crippen LogP contribution in [0.15, 0.2) is 53.7 Å². The van der Waals surface area contributed by atoms with Crippen LogP contribution in [-0.4, -0.2) is 25.9 Å². The van der Waals surface area contributed by atoms with Crippen molar-refractivity contribution in [2.45, 2.75) is 49.2 Å². The van der Waals surface area contributed by atoms with Crippen LogP contribution in [0.3, 0.4) is 0 Å². The molecule has 144 valence electrons. The summed E-state index contributed by atoms with van der Waals surface area (Å²) in [6.45, 7) is 1.97. The zero-order valence-electron chi connectivity index (χ0n) is 15.6. The molecule has 0 aliphatic heterocycles. The molecule has 27 heavy (non-hydrogen) atoms. The monoisotopic (exact) mass is 386 g/mol. The highest BCUT2D eigenvalue weighted by atomic mass is 32.2. The number of pyridine rings is 1. The summed E-state index contributed by atoms with van der Waals surface area (Å²) in [5.74, 6) is -0.0435. The summed E-state index contributed by atoms with van der Waals surface area (Å²) in [6, 6.07) is 10.3. The summed E-state index contributed by atoms with van der Waals surface area (Å²) in [4.78, 5) is 16.8. The molecule has 2 aromatic rings. The van der Waals surface area contributed by atoms with Gasteiger partial charge in [-0.1, -0.05) is 43.0 Å². The van der Waals surface area contributed by atoms with Crippen LogP contribution >= 0.6 is 0 Å². The van der Waals surface area contributed by atoms with Gasteiger partial charge in [0.2, 0.25) is 5.91 Å². The van der Waals surface area contributed by atoms with Crippen LogP contribution in [0.4, 0.5) is 0 Å². The normalized spacial score (nSPS) is 16.6. The maximum absolute atomic E-state index is 13.3. The Morgan fingerprint density at radius 1 is 1.15 bits per heavy atom. The van der Waals surface area contributed by atoms with Gasteiger partial charge in [-0.05, 0) is 43.5 Å².